The van der Waals surface area contributed by atoms with Crippen molar-refractivity contribution in [1.29, 1.82) is 0 Å². The zero-order chi connectivity index (χ0) is 24.0. The third kappa shape index (κ3) is 4.28. The quantitative estimate of drug-likeness (QED) is 0.350. The molecule has 0 saturated carbocycles. The Kier molecular flexibility index (Phi) is 6.54. The van der Waals surface area contributed by atoms with Gasteiger partial charge in [-0.15, -0.1) is 0 Å². The van der Waals surface area contributed by atoms with E-state index < -0.39 is 16.1 Å². The van der Waals surface area contributed by atoms with Gasteiger partial charge in [-0.05, 0) is 48.2 Å². The molecule has 0 amide bonds. The first-order valence-corrected chi connectivity index (χ1v) is 19.1. The summed E-state index contributed by atoms with van der Waals surface area (Å²) in [4.78, 5) is 2.65. The summed E-state index contributed by atoms with van der Waals surface area (Å²) in [5.41, 5.74) is 7.91. The van der Waals surface area contributed by atoms with Crippen molar-refractivity contribution in [2.45, 2.75) is 65.0 Å². The highest BCUT2D eigenvalue weighted by molar-refractivity contribution is 6.94. The SMILES string of the molecule is C=CCOc1c([Si](C)(C)C)cc(C)cc1[Si](C)(C)C1C(C)=C(N2CCCC2)c2ccccc21. The summed E-state index contributed by atoms with van der Waals surface area (Å²) < 4.78 is 6.52. The molecule has 1 atom stereocenters. The Morgan fingerprint density at radius 1 is 1.00 bits per heavy atom. The van der Waals surface area contributed by atoms with Gasteiger partial charge < -0.3 is 9.64 Å². The lowest BCUT2D eigenvalue weighted by Crippen LogP contribution is -2.52. The van der Waals surface area contributed by atoms with Crippen molar-refractivity contribution in [3.05, 3.63) is 71.3 Å². The molecule has 0 N–H and O–H groups in total. The summed E-state index contributed by atoms with van der Waals surface area (Å²) in [5.74, 6) is 1.16. The first-order chi connectivity index (χ1) is 15.6. The molecule has 1 unspecified atom stereocenters. The third-order valence-corrected chi connectivity index (χ3v) is 13.5. The predicted octanol–water partition coefficient (Wildman–Crippen LogP) is 6.18. The fourth-order valence-corrected chi connectivity index (χ4v) is 11.7. The van der Waals surface area contributed by atoms with E-state index in [1.807, 2.05) is 6.08 Å². The fraction of sp³-hybridized carbons (Fsp3) is 0.448. The summed E-state index contributed by atoms with van der Waals surface area (Å²) in [7, 11) is -3.60. The Bertz CT molecular complexity index is 1090. The normalized spacial score (nSPS) is 18.6. The number of allylic oxidation sites excluding steroid dienone is 1. The van der Waals surface area contributed by atoms with E-state index in [2.05, 4.69) is 94.5 Å². The number of hydrogen-bond donors (Lipinski definition) is 0. The van der Waals surface area contributed by atoms with Gasteiger partial charge in [0.25, 0.3) is 0 Å². The molecule has 2 aliphatic rings. The molecule has 176 valence electrons. The Balaban J connectivity index is 1.93. The summed E-state index contributed by atoms with van der Waals surface area (Å²) >= 11 is 0. The Morgan fingerprint density at radius 3 is 2.27 bits per heavy atom. The molecular formula is C29H41NOSi2. The van der Waals surface area contributed by atoms with E-state index in [1.165, 1.54) is 58.7 Å². The second-order valence-electron chi connectivity index (χ2n) is 11.5. The van der Waals surface area contributed by atoms with E-state index in [0.29, 0.717) is 12.1 Å². The van der Waals surface area contributed by atoms with Gasteiger partial charge >= 0.3 is 0 Å². The maximum absolute atomic E-state index is 6.52. The van der Waals surface area contributed by atoms with Crippen molar-refractivity contribution in [2.75, 3.05) is 19.7 Å². The molecule has 4 rings (SSSR count). The lowest BCUT2D eigenvalue weighted by atomic mass is 10.1. The van der Waals surface area contributed by atoms with E-state index in [1.54, 1.807) is 5.57 Å². The molecule has 33 heavy (non-hydrogen) atoms. The number of ether oxygens (including phenoxy) is 1. The molecule has 1 saturated heterocycles. The number of benzene rings is 2. The molecule has 2 nitrogen and oxygen atoms in total. The Labute approximate surface area is 203 Å². The largest absolute Gasteiger partial charge is 0.490 e. The van der Waals surface area contributed by atoms with Gasteiger partial charge in [0.05, 0.1) is 16.1 Å². The van der Waals surface area contributed by atoms with Crippen LogP contribution in [0, 0.1) is 6.92 Å². The number of fused-ring (bicyclic) bond motifs is 1. The Hall–Kier alpha value is -2.05. The van der Waals surface area contributed by atoms with Gasteiger partial charge in [0.2, 0.25) is 0 Å². The summed E-state index contributed by atoms with van der Waals surface area (Å²) in [6, 6.07) is 14.0. The molecule has 2 aromatic carbocycles. The maximum atomic E-state index is 6.52. The Morgan fingerprint density at radius 2 is 1.64 bits per heavy atom. The van der Waals surface area contributed by atoms with Crippen LogP contribution in [0.5, 0.6) is 5.75 Å². The average molecular weight is 476 g/mol. The van der Waals surface area contributed by atoms with Crippen LogP contribution in [0.3, 0.4) is 0 Å². The van der Waals surface area contributed by atoms with E-state index in [9.17, 15) is 0 Å². The van der Waals surface area contributed by atoms with Crippen LogP contribution in [0.15, 0.2) is 54.6 Å². The predicted molar refractivity (Wildman–Crippen MR) is 150 cm³/mol. The van der Waals surface area contributed by atoms with Gasteiger partial charge in [0.15, 0.2) is 0 Å². The van der Waals surface area contributed by atoms with E-state index in [0.717, 1.165) is 5.75 Å². The minimum atomic E-state index is -2.01. The number of aryl methyl sites for hydroxylation is 1. The standard InChI is InChI=1S/C29H41NOSi2/c1-9-18-31-28-25(32(4,5)6)19-21(2)20-26(28)33(7,8)29-22(3)27(30-16-12-13-17-30)23-14-10-11-15-24(23)29/h9-11,14-15,19-20,29H,1,12-13,16-18H2,2-8H3. The summed E-state index contributed by atoms with van der Waals surface area (Å²) in [5, 5.41) is 2.93. The number of hydrogen-bond acceptors (Lipinski definition) is 2. The van der Waals surface area contributed by atoms with E-state index >= 15 is 0 Å². The van der Waals surface area contributed by atoms with Crippen LogP contribution in [0.25, 0.3) is 5.70 Å². The lowest BCUT2D eigenvalue weighted by molar-refractivity contribution is 0.368. The second kappa shape index (κ2) is 8.96. The smallest absolute Gasteiger partial charge is 0.118 e. The van der Waals surface area contributed by atoms with Gasteiger partial charge in [0.1, 0.15) is 12.4 Å². The fourth-order valence-electron chi connectivity index (χ4n) is 6.10. The number of nitrogens with zero attached hydrogens (tertiary/aromatic N) is 1. The van der Waals surface area contributed by atoms with Crippen molar-refractivity contribution < 1.29 is 4.74 Å². The first kappa shape index (κ1) is 24.1. The molecular weight excluding hydrogens is 434 g/mol. The lowest BCUT2D eigenvalue weighted by Gasteiger charge is -2.36. The van der Waals surface area contributed by atoms with Gasteiger partial charge in [-0.1, -0.05) is 87.4 Å². The minimum absolute atomic E-state index is 0.465. The molecule has 4 heteroatoms. The third-order valence-electron chi connectivity index (χ3n) is 7.56. The van der Waals surface area contributed by atoms with Crippen molar-refractivity contribution >= 4 is 32.2 Å². The topological polar surface area (TPSA) is 12.5 Å². The van der Waals surface area contributed by atoms with Crippen LogP contribution in [-0.4, -0.2) is 40.7 Å². The van der Waals surface area contributed by atoms with Crippen molar-refractivity contribution in [3.63, 3.8) is 0 Å². The zero-order valence-electron chi connectivity index (χ0n) is 21.7. The van der Waals surface area contributed by atoms with Gasteiger partial charge in [-0.3, -0.25) is 0 Å². The van der Waals surface area contributed by atoms with Crippen LogP contribution in [0.2, 0.25) is 32.7 Å². The summed E-state index contributed by atoms with van der Waals surface area (Å²) in [6.07, 6.45) is 4.50. The molecule has 0 aromatic heterocycles. The van der Waals surface area contributed by atoms with Crippen molar-refractivity contribution in [1.82, 2.24) is 4.90 Å². The van der Waals surface area contributed by atoms with Crippen LogP contribution >= 0.6 is 0 Å². The van der Waals surface area contributed by atoms with Crippen LogP contribution in [0.4, 0.5) is 0 Å². The maximum Gasteiger partial charge on any atom is 0.118 e. The van der Waals surface area contributed by atoms with Crippen molar-refractivity contribution in [3.8, 4) is 5.75 Å². The van der Waals surface area contributed by atoms with Crippen LogP contribution < -0.4 is 15.1 Å². The van der Waals surface area contributed by atoms with Gasteiger partial charge in [-0.2, -0.15) is 0 Å². The van der Waals surface area contributed by atoms with Gasteiger partial charge in [0, 0.05) is 29.9 Å². The monoisotopic (exact) mass is 475 g/mol. The molecule has 0 radical (unpaired) electrons. The number of rotatable bonds is 7. The summed E-state index contributed by atoms with van der Waals surface area (Å²) in [6.45, 7) is 24.0. The van der Waals surface area contributed by atoms with Gasteiger partial charge in [-0.25, -0.2) is 0 Å². The number of likely N-dealkylation sites (tertiary alicyclic amines) is 1. The van der Waals surface area contributed by atoms with Crippen molar-refractivity contribution in [2.24, 2.45) is 0 Å². The molecule has 1 heterocycles. The van der Waals surface area contributed by atoms with E-state index in [-0.39, 0.29) is 0 Å². The highest BCUT2D eigenvalue weighted by atomic mass is 28.3. The van der Waals surface area contributed by atoms with E-state index in [4.69, 9.17) is 4.74 Å². The molecule has 1 aliphatic heterocycles. The molecule has 1 aliphatic carbocycles. The average Bonchev–Trinajstić information content (AvgIpc) is 3.36. The molecule has 0 bridgehead atoms. The zero-order valence-corrected chi connectivity index (χ0v) is 23.7. The highest BCUT2D eigenvalue weighted by Crippen LogP contribution is 2.48. The molecule has 1 fully saturated rings. The second-order valence-corrected chi connectivity index (χ2v) is 21.1. The van der Waals surface area contributed by atoms with Crippen LogP contribution in [0.1, 0.15) is 42.0 Å². The highest BCUT2D eigenvalue weighted by Gasteiger charge is 2.45. The molecule has 0 spiro atoms. The molecule has 2 aromatic rings. The van der Waals surface area contributed by atoms with Crippen LogP contribution in [-0.2, 0) is 0 Å². The first-order valence-electron chi connectivity index (χ1n) is 12.5. The minimum Gasteiger partial charge on any atom is -0.490 e.